The smallest absolute Gasteiger partial charge is 0.138 e. The highest BCUT2D eigenvalue weighted by Crippen LogP contribution is 2.28. The zero-order valence-electron chi connectivity index (χ0n) is 12.4. The van der Waals surface area contributed by atoms with E-state index >= 15 is 0 Å². The minimum atomic E-state index is -0.301. The molecule has 3 aromatic rings. The Morgan fingerprint density at radius 3 is 2.25 bits per heavy atom. The predicted molar refractivity (Wildman–Crippen MR) is 96.6 cm³/mol. The molecular weight excluding hydrogens is 349 g/mol. The second-order valence-corrected chi connectivity index (χ2v) is 5.73. The molecule has 4 nitrogen and oxygen atoms in total. The minimum Gasteiger partial charge on any atom is -0.457 e. The summed E-state index contributed by atoms with van der Waals surface area (Å²) in [4.78, 5) is 4.44. The van der Waals surface area contributed by atoms with Gasteiger partial charge in [-0.2, -0.15) is 0 Å². The standard InChI is InChI=1S/C17H13ClFN3OS/c18-12-9-16(21-17(10-12)22-24-20)11-1-5-14(6-2-11)23-15-7-3-13(19)4-8-15/h1-10H,20H2,(H,21,22). The SMILES string of the molecule is NSNc1cc(Cl)cc(-c2ccc(Oc3ccc(F)cc3)cc2)n1. The molecule has 3 rings (SSSR count). The van der Waals surface area contributed by atoms with Crippen LogP contribution in [-0.2, 0) is 0 Å². The highest BCUT2D eigenvalue weighted by atomic mass is 35.5. The Morgan fingerprint density at radius 2 is 1.62 bits per heavy atom. The van der Waals surface area contributed by atoms with Gasteiger partial charge in [-0.15, -0.1) is 0 Å². The molecule has 2 aromatic carbocycles. The molecule has 0 saturated carbocycles. The van der Waals surface area contributed by atoms with Crippen LogP contribution >= 0.6 is 23.7 Å². The first-order valence-corrected chi connectivity index (χ1v) is 8.23. The predicted octanol–water partition coefficient (Wildman–Crippen LogP) is 5.27. The molecule has 0 aliphatic rings. The summed E-state index contributed by atoms with van der Waals surface area (Å²) in [5, 5.41) is 5.94. The minimum absolute atomic E-state index is 0.301. The van der Waals surface area contributed by atoms with Crippen molar-refractivity contribution < 1.29 is 9.13 Å². The number of pyridine rings is 1. The van der Waals surface area contributed by atoms with Gasteiger partial charge in [-0.3, -0.25) is 5.14 Å². The molecule has 0 aliphatic carbocycles. The van der Waals surface area contributed by atoms with E-state index in [2.05, 4.69) is 9.71 Å². The van der Waals surface area contributed by atoms with Gasteiger partial charge in [0.05, 0.1) is 5.69 Å². The maximum Gasteiger partial charge on any atom is 0.138 e. The van der Waals surface area contributed by atoms with Crippen LogP contribution in [0.5, 0.6) is 11.5 Å². The number of hydrogen-bond donors (Lipinski definition) is 2. The number of nitrogens with two attached hydrogens (primary N) is 1. The number of ether oxygens (including phenoxy) is 1. The van der Waals surface area contributed by atoms with Crippen molar-refractivity contribution in [2.75, 3.05) is 4.72 Å². The van der Waals surface area contributed by atoms with Gasteiger partial charge in [0.2, 0.25) is 0 Å². The van der Waals surface area contributed by atoms with Crippen molar-refractivity contribution in [2.24, 2.45) is 5.14 Å². The molecular formula is C17H13ClFN3OS. The zero-order chi connectivity index (χ0) is 16.9. The first-order valence-electron chi connectivity index (χ1n) is 6.97. The van der Waals surface area contributed by atoms with Crippen LogP contribution in [0.3, 0.4) is 0 Å². The first kappa shape index (κ1) is 16.6. The number of nitrogens with zero attached hydrogens (tertiary/aromatic N) is 1. The third kappa shape index (κ3) is 4.17. The Balaban J connectivity index is 1.80. The molecule has 0 saturated heterocycles. The maximum atomic E-state index is 12.9. The summed E-state index contributed by atoms with van der Waals surface area (Å²) in [5.41, 5.74) is 1.60. The van der Waals surface area contributed by atoms with E-state index in [1.54, 1.807) is 24.3 Å². The third-order valence-corrected chi connectivity index (χ3v) is 3.70. The molecule has 3 N–H and O–H groups in total. The fraction of sp³-hybridized carbons (Fsp3) is 0. The second-order valence-electron chi connectivity index (χ2n) is 4.86. The maximum absolute atomic E-state index is 12.9. The van der Waals surface area contributed by atoms with Gasteiger partial charge in [-0.25, -0.2) is 9.37 Å². The molecule has 0 amide bonds. The number of aromatic nitrogens is 1. The van der Waals surface area contributed by atoms with Gasteiger partial charge in [-0.1, -0.05) is 11.6 Å². The van der Waals surface area contributed by atoms with Gasteiger partial charge < -0.3 is 9.46 Å². The van der Waals surface area contributed by atoms with Crippen LogP contribution in [-0.4, -0.2) is 4.98 Å². The van der Waals surface area contributed by atoms with Crippen molar-refractivity contribution in [1.29, 1.82) is 0 Å². The largest absolute Gasteiger partial charge is 0.457 e. The van der Waals surface area contributed by atoms with E-state index in [4.69, 9.17) is 21.5 Å². The lowest BCUT2D eigenvalue weighted by molar-refractivity contribution is 0.480. The van der Waals surface area contributed by atoms with Crippen molar-refractivity contribution in [3.63, 3.8) is 0 Å². The Hall–Kier alpha value is -2.28. The normalized spacial score (nSPS) is 10.5. The van der Waals surface area contributed by atoms with Crippen molar-refractivity contribution in [2.45, 2.75) is 0 Å². The molecule has 0 radical (unpaired) electrons. The monoisotopic (exact) mass is 361 g/mol. The van der Waals surface area contributed by atoms with E-state index in [1.807, 2.05) is 24.3 Å². The lowest BCUT2D eigenvalue weighted by atomic mass is 10.1. The van der Waals surface area contributed by atoms with Crippen LogP contribution in [0.1, 0.15) is 0 Å². The second kappa shape index (κ2) is 7.53. The number of nitrogens with one attached hydrogen (secondary N) is 1. The number of hydrogen-bond acceptors (Lipinski definition) is 5. The van der Waals surface area contributed by atoms with Crippen LogP contribution in [0.25, 0.3) is 11.3 Å². The van der Waals surface area contributed by atoms with Crippen molar-refractivity contribution >= 4 is 29.6 Å². The number of rotatable bonds is 5. The van der Waals surface area contributed by atoms with E-state index in [1.165, 1.54) is 12.1 Å². The first-order chi connectivity index (χ1) is 11.6. The van der Waals surface area contributed by atoms with E-state index in [0.717, 1.165) is 17.7 Å². The summed E-state index contributed by atoms with van der Waals surface area (Å²) in [6.45, 7) is 0. The molecule has 0 spiro atoms. The van der Waals surface area contributed by atoms with Gasteiger partial charge in [0.25, 0.3) is 0 Å². The average molecular weight is 362 g/mol. The lowest BCUT2D eigenvalue weighted by Gasteiger charge is -2.08. The molecule has 122 valence electrons. The third-order valence-electron chi connectivity index (χ3n) is 3.15. The number of benzene rings is 2. The fourth-order valence-corrected chi connectivity index (χ4v) is 2.52. The lowest BCUT2D eigenvalue weighted by Crippen LogP contribution is -1.96. The Bertz CT molecular complexity index is 828. The van der Waals surface area contributed by atoms with E-state index in [0.29, 0.717) is 28.0 Å². The molecule has 7 heteroatoms. The van der Waals surface area contributed by atoms with Gasteiger partial charge in [-0.05, 0) is 54.6 Å². The molecule has 0 atom stereocenters. The van der Waals surface area contributed by atoms with Crippen LogP contribution in [0.2, 0.25) is 5.02 Å². The van der Waals surface area contributed by atoms with Crippen LogP contribution < -0.4 is 14.6 Å². The molecule has 1 heterocycles. The highest BCUT2D eigenvalue weighted by molar-refractivity contribution is 7.98. The summed E-state index contributed by atoms with van der Waals surface area (Å²) >= 11 is 7.06. The molecule has 1 aromatic heterocycles. The van der Waals surface area contributed by atoms with Gasteiger partial charge in [0, 0.05) is 28.8 Å². The van der Waals surface area contributed by atoms with Gasteiger partial charge >= 0.3 is 0 Å². The molecule has 0 fully saturated rings. The Labute approximate surface area is 148 Å². The Morgan fingerprint density at radius 1 is 1.00 bits per heavy atom. The summed E-state index contributed by atoms with van der Waals surface area (Å²) < 4.78 is 21.4. The molecule has 24 heavy (non-hydrogen) atoms. The molecule has 0 aliphatic heterocycles. The van der Waals surface area contributed by atoms with Crippen LogP contribution in [0.4, 0.5) is 10.2 Å². The fourth-order valence-electron chi connectivity index (χ4n) is 2.09. The van der Waals surface area contributed by atoms with E-state index in [-0.39, 0.29) is 5.82 Å². The van der Waals surface area contributed by atoms with Crippen LogP contribution in [0.15, 0.2) is 60.7 Å². The summed E-state index contributed by atoms with van der Waals surface area (Å²) in [6.07, 6.45) is 0. The van der Waals surface area contributed by atoms with E-state index in [9.17, 15) is 4.39 Å². The topological polar surface area (TPSA) is 60.2 Å². The Kier molecular flexibility index (Phi) is 5.20. The van der Waals surface area contributed by atoms with Gasteiger partial charge in [0.1, 0.15) is 23.1 Å². The number of halogens is 2. The summed E-state index contributed by atoms with van der Waals surface area (Å²) in [5.74, 6) is 1.49. The highest BCUT2D eigenvalue weighted by Gasteiger charge is 2.05. The van der Waals surface area contributed by atoms with Crippen molar-refractivity contribution in [3.05, 3.63) is 71.5 Å². The van der Waals surface area contributed by atoms with Gasteiger partial charge in [0.15, 0.2) is 0 Å². The number of anilines is 1. The van der Waals surface area contributed by atoms with Crippen LogP contribution in [0, 0.1) is 5.82 Å². The van der Waals surface area contributed by atoms with Crippen molar-refractivity contribution in [1.82, 2.24) is 4.98 Å². The van der Waals surface area contributed by atoms with Crippen molar-refractivity contribution in [3.8, 4) is 22.8 Å². The zero-order valence-corrected chi connectivity index (χ0v) is 13.9. The quantitative estimate of drug-likeness (QED) is 0.606. The molecule has 0 unspecified atom stereocenters. The summed E-state index contributed by atoms with van der Waals surface area (Å²) in [7, 11) is 0. The average Bonchev–Trinajstić information content (AvgIpc) is 2.57. The summed E-state index contributed by atoms with van der Waals surface area (Å²) in [6, 6.07) is 16.7. The van der Waals surface area contributed by atoms with E-state index < -0.39 is 0 Å². The molecule has 0 bridgehead atoms.